The average molecular weight is 343 g/mol. The molecular formula is C20H29N3O2. The lowest BCUT2D eigenvalue weighted by Crippen LogP contribution is -2.42. The number of hydrogen-bond acceptors (Lipinski definition) is 3. The summed E-state index contributed by atoms with van der Waals surface area (Å²) in [7, 11) is 3.45. The highest BCUT2D eigenvalue weighted by molar-refractivity contribution is 5.97. The molecule has 3 atom stereocenters. The Kier molecular flexibility index (Phi) is 5.42. The topological polar surface area (TPSA) is 52.7 Å². The van der Waals surface area contributed by atoms with E-state index in [9.17, 15) is 9.59 Å². The van der Waals surface area contributed by atoms with Crippen LogP contribution in [-0.2, 0) is 4.79 Å². The molecule has 2 amide bonds. The smallest absolute Gasteiger partial charge is 0.253 e. The number of fused-ring (bicyclic) bond motifs is 1. The molecule has 1 heterocycles. The number of carbonyl (C=O) groups excluding carboxylic acids is 2. The molecule has 2 fully saturated rings. The van der Waals surface area contributed by atoms with Crippen molar-refractivity contribution in [2.45, 2.75) is 51.1 Å². The molecule has 5 heteroatoms. The summed E-state index contributed by atoms with van der Waals surface area (Å²) >= 11 is 0. The number of nitrogens with one attached hydrogen (secondary N) is 1. The van der Waals surface area contributed by atoms with Crippen LogP contribution in [0.15, 0.2) is 24.3 Å². The lowest BCUT2D eigenvalue weighted by atomic mass is 9.85. The molecule has 0 radical (unpaired) electrons. The van der Waals surface area contributed by atoms with Crippen molar-refractivity contribution < 1.29 is 9.59 Å². The van der Waals surface area contributed by atoms with Crippen LogP contribution in [-0.4, -0.2) is 54.3 Å². The average Bonchev–Trinajstić information content (AvgIpc) is 2.90. The third kappa shape index (κ3) is 4.03. The van der Waals surface area contributed by atoms with Gasteiger partial charge in [0.1, 0.15) is 0 Å². The molecule has 0 spiro atoms. The maximum atomic E-state index is 12.6. The van der Waals surface area contributed by atoms with Crippen molar-refractivity contribution >= 4 is 17.5 Å². The first-order valence-corrected chi connectivity index (χ1v) is 9.33. The van der Waals surface area contributed by atoms with Gasteiger partial charge >= 0.3 is 0 Å². The van der Waals surface area contributed by atoms with Crippen LogP contribution in [0.4, 0.5) is 5.69 Å². The third-order valence-corrected chi connectivity index (χ3v) is 5.63. The second-order valence-electron chi connectivity index (χ2n) is 7.70. The largest absolute Gasteiger partial charge is 0.345 e. The first-order valence-electron chi connectivity index (χ1n) is 9.33. The second-order valence-corrected chi connectivity index (χ2v) is 7.70. The zero-order valence-electron chi connectivity index (χ0n) is 15.5. The van der Waals surface area contributed by atoms with Crippen molar-refractivity contribution in [3.63, 3.8) is 0 Å². The van der Waals surface area contributed by atoms with Crippen LogP contribution in [0.1, 0.15) is 49.4 Å². The summed E-state index contributed by atoms with van der Waals surface area (Å²) in [6, 6.07) is 8.20. The highest BCUT2D eigenvalue weighted by Gasteiger charge is 2.40. The number of likely N-dealkylation sites (tertiary alicyclic amines) is 1. The Morgan fingerprint density at radius 2 is 2.00 bits per heavy atom. The van der Waals surface area contributed by atoms with Gasteiger partial charge in [-0.3, -0.25) is 14.5 Å². The molecule has 0 bridgehead atoms. The van der Waals surface area contributed by atoms with E-state index < -0.39 is 0 Å². The summed E-state index contributed by atoms with van der Waals surface area (Å²) in [5.74, 6) is 0.708. The van der Waals surface area contributed by atoms with E-state index in [1.165, 1.54) is 37.0 Å². The summed E-state index contributed by atoms with van der Waals surface area (Å²) in [5.41, 5.74) is 1.27. The van der Waals surface area contributed by atoms with E-state index in [2.05, 4.69) is 17.1 Å². The second kappa shape index (κ2) is 7.56. The Morgan fingerprint density at radius 3 is 2.76 bits per heavy atom. The molecule has 3 unspecified atom stereocenters. The van der Waals surface area contributed by atoms with Crippen LogP contribution in [0, 0.1) is 5.92 Å². The Balaban J connectivity index is 1.63. The van der Waals surface area contributed by atoms with E-state index in [1.54, 1.807) is 26.2 Å². The fourth-order valence-electron chi connectivity index (χ4n) is 4.43. The lowest BCUT2D eigenvalue weighted by Gasteiger charge is -2.32. The van der Waals surface area contributed by atoms with Crippen molar-refractivity contribution in [2.75, 3.05) is 26.0 Å². The Bertz CT molecular complexity index is 644. The highest BCUT2D eigenvalue weighted by atomic mass is 16.2. The summed E-state index contributed by atoms with van der Waals surface area (Å²) in [4.78, 5) is 28.5. The van der Waals surface area contributed by atoms with E-state index in [1.807, 2.05) is 12.1 Å². The minimum atomic E-state index is -0.0608. The van der Waals surface area contributed by atoms with Crippen molar-refractivity contribution in [1.82, 2.24) is 9.80 Å². The van der Waals surface area contributed by atoms with E-state index in [-0.39, 0.29) is 11.8 Å². The Labute approximate surface area is 150 Å². The van der Waals surface area contributed by atoms with Crippen LogP contribution in [0.3, 0.4) is 0 Å². The summed E-state index contributed by atoms with van der Waals surface area (Å²) in [6.07, 6.45) is 6.35. The molecule has 3 rings (SSSR count). The predicted octanol–water partition coefficient (Wildman–Crippen LogP) is 2.98. The monoisotopic (exact) mass is 343 g/mol. The summed E-state index contributed by atoms with van der Waals surface area (Å²) in [6.45, 7) is 2.68. The summed E-state index contributed by atoms with van der Waals surface area (Å²) in [5, 5.41) is 2.97. The first kappa shape index (κ1) is 17.9. The molecule has 1 aliphatic heterocycles. The minimum absolute atomic E-state index is 0.00697. The van der Waals surface area contributed by atoms with Crippen LogP contribution >= 0.6 is 0 Å². The van der Waals surface area contributed by atoms with Crippen LogP contribution < -0.4 is 5.32 Å². The number of nitrogens with zero attached hydrogens (tertiary/aromatic N) is 2. The molecule has 5 nitrogen and oxygen atoms in total. The lowest BCUT2D eigenvalue weighted by molar-refractivity contribution is -0.118. The quantitative estimate of drug-likeness (QED) is 0.914. The molecular weight excluding hydrogens is 314 g/mol. The molecule has 0 aromatic heterocycles. The number of benzene rings is 1. The van der Waals surface area contributed by atoms with Gasteiger partial charge in [0.25, 0.3) is 5.91 Å². The van der Waals surface area contributed by atoms with E-state index in [4.69, 9.17) is 0 Å². The zero-order chi connectivity index (χ0) is 18.0. The number of anilines is 1. The highest BCUT2D eigenvalue weighted by Crippen LogP contribution is 2.39. The number of carbonyl (C=O) groups is 2. The van der Waals surface area contributed by atoms with E-state index >= 15 is 0 Å². The molecule has 2 aliphatic rings. The van der Waals surface area contributed by atoms with Gasteiger partial charge in [0.15, 0.2) is 0 Å². The van der Waals surface area contributed by atoms with Gasteiger partial charge in [-0.15, -0.1) is 0 Å². The molecule has 1 aromatic carbocycles. The molecule has 1 N–H and O–H groups in total. The number of amides is 2. The Morgan fingerprint density at radius 1 is 1.24 bits per heavy atom. The molecule has 1 aromatic rings. The van der Waals surface area contributed by atoms with Crippen molar-refractivity contribution in [2.24, 2.45) is 5.92 Å². The van der Waals surface area contributed by atoms with E-state index in [0.717, 1.165) is 5.92 Å². The van der Waals surface area contributed by atoms with Gasteiger partial charge in [-0.25, -0.2) is 0 Å². The molecule has 1 saturated carbocycles. The maximum absolute atomic E-state index is 12.6. The molecule has 1 aliphatic carbocycles. The van der Waals surface area contributed by atoms with Crippen molar-refractivity contribution in [3.05, 3.63) is 29.8 Å². The van der Waals surface area contributed by atoms with Crippen LogP contribution in [0.5, 0.6) is 0 Å². The predicted molar refractivity (Wildman–Crippen MR) is 99.6 cm³/mol. The minimum Gasteiger partial charge on any atom is -0.345 e. The zero-order valence-corrected chi connectivity index (χ0v) is 15.5. The Hall–Kier alpha value is -1.88. The fourth-order valence-corrected chi connectivity index (χ4v) is 4.43. The third-order valence-electron chi connectivity index (χ3n) is 5.63. The van der Waals surface area contributed by atoms with Gasteiger partial charge < -0.3 is 10.2 Å². The fraction of sp³-hybridized carbons (Fsp3) is 0.600. The number of hydrogen-bond donors (Lipinski definition) is 1. The van der Waals surface area contributed by atoms with Gasteiger partial charge in [-0.1, -0.05) is 18.9 Å². The first-order chi connectivity index (χ1) is 12.0. The van der Waals surface area contributed by atoms with Gasteiger partial charge in [0.2, 0.25) is 5.91 Å². The van der Waals surface area contributed by atoms with Crippen LogP contribution in [0.2, 0.25) is 0 Å². The maximum Gasteiger partial charge on any atom is 0.253 e. The SMILES string of the molecule is CC1CC2CCCCC2N1CC(=O)Nc1cccc(C(=O)N(C)C)c1. The van der Waals surface area contributed by atoms with Crippen molar-refractivity contribution in [3.8, 4) is 0 Å². The van der Waals surface area contributed by atoms with Gasteiger partial charge in [0, 0.05) is 37.4 Å². The molecule has 136 valence electrons. The van der Waals surface area contributed by atoms with Crippen LogP contribution in [0.25, 0.3) is 0 Å². The summed E-state index contributed by atoms with van der Waals surface area (Å²) < 4.78 is 0. The van der Waals surface area contributed by atoms with Crippen molar-refractivity contribution in [1.29, 1.82) is 0 Å². The number of rotatable bonds is 4. The molecule has 25 heavy (non-hydrogen) atoms. The standard InChI is InChI=1S/C20H29N3O2/c1-14-11-15-7-4-5-10-18(15)23(14)13-19(24)21-17-9-6-8-16(12-17)20(25)22(2)3/h6,8-9,12,14-15,18H,4-5,7,10-11,13H2,1-3H3,(H,21,24). The normalized spacial score (nSPS) is 26.1. The van der Waals surface area contributed by atoms with Gasteiger partial charge in [-0.05, 0) is 50.3 Å². The van der Waals surface area contributed by atoms with Gasteiger partial charge in [0.05, 0.1) is 6.54 Å². The van der Waals surface area contributed by atoms with Gasteiger partial charge in [-0.2, -0.15) is 0 Å². The van der Waals surface area contributed by atoms with E-state index in [0.29, 0.717) is 29.9 Å². The molecule has 1 saturated heterocycles.